The van der Waals surface area contributed by atoms with Gasteiger partial charge in [0.05, 0.1) is 31.4 Å². The zero-order chi connectivity index (χ0) is 19.4. The molecule has 0 spiro atoms. The molecule has 1 aliphatic heterocycles. The Balaban J connectivity index is 2.09. The highest BCUT2D eigenvalue weighted by Crippen LogP contribution is 2.25. The summed E-state index contributed by atoms with van der Waals surface area (Å²) >= 11 is 0. The lowest BCUT2D eigenvalue weighted by Crippen LogP contribution is -2.25. The summed E-state index contributed by atoms with van der Waals surface area (Å²) in [7, 11) is 1.56. The van der Waals surface area contributed by atoms with Crippen LogP contribution in [0.15, 0.2) is 59.2 Å². The second kappa shape index (κ2) is 7.84. The number of β-amino-alcohol motifs (C(OH)–C–C–N with tert-alkyl or cyclic N) is 1. The molecule has 1 amide bonds. The minimum Gasteiger partial charge on any atom is -0.497 e. The maximum Gasteiger partial charge on any atom is 0.336 e. The van der Waals surface area contributed by atoms with Gasteiger partial charge in [0.2, 0.25) is 0 Å². The van der Waals surface area contributed by atoms with E-state index in [-0.39, 0.29) is 24.3 Å². The van der Waals surface area contributed by atoms with Crippen LogP contribution in [0.5, 0.6) is 5.75 Å². The molecule has 0 fully saturated rings. The molecule has 0 bridgehead atoms. The van der Waals surface area contributed by atoms with E-state index in [2.05, 4.69) is 5.10 Å². The molecule has 2 aromatic carbocycles. The summed E-state index contributed by atoms with van der Waals surface area (Å²) < 4.78 is 5.15. The number of rotatable bonds is 6. The number of nitrogens with zero attached hydrogens (tertiary/aromatic N) is 2. The number of amides is 1. The summed E-state index contributed by atoms with van der Waals surface area (Å²) in [6, 6.07) is 13.5. The highest BCUT2D eigenvalue weighted by atomic mass is 16.5. The van der Waals surface area contributed by atoms with Gasteiger partial charge in [-0.1, -0.05) is 18.2 Å². The quantitative estimate of drug-likeness (QED) is 0.762. The van der Waals surface area contributed by atoms with Gasteiger partial charge in [-0.25, -0.2) is 9.80 Å². The monoisotopic (exact) mass is 366 g/mol. The van der Waals surface area contributed by atoms with Crippen LogP contribution in [0.1, 0.15) is 21.5 Å². The summed E-state index contributed by atoms with van der Waals surface area (Å²) in [4.78, 5) is 24.2. The van der Waals surface area contributed by atoms with E-state index in [1.165, 1.54) is 17.2 Å². The van der Waals surface area contributed by atoms with Crippen molar-refractivity contribution in [3.8, 4) is 5.75 Å². The number of hydrogen-bond donors (Lipinski definition) is 2. The fourth-order valence-electron chi connectivity index (χ4n) is 2.77. The van der Waals surface area contributed by atoms with Gasteiger partial charge in [0.25, 0.3) is 5.91 Å². The molecule has 7 nitrogen and oxygen atoms in total. The van der Waals surface area contributed by atoms with E-state index in [1.807, 2.05) is 0 Å². The lowest BCUT2D eigenvalue weighted by atomic mass is 9.98. The Morgan fingerprint density at radius 3 is 2.52 bits per heavy atom. The zero-order valence-electron chi connectivity index (χ0n) is 14.6. The Bertz CT molecular complexity index is 932. The van der Waals surface area contributed by atoms with Gasteiger partial charge in [0.15, 0.2) is 0 Å². The van der Waals surface area contributed by atoms with Crippen LogP contribution >= 0.6 is 0 Å². The van der Waals surface area contributed by atoms with Gasteiger partial charge in [0.1, 0.15) is 11.5 Å². The van der Waals surface area contributed by atoms with Crippen LogP contribution in [0.4, 0.5) is 0 Å². The van der Waals surface area contributed by atoms with Gasteiger partial charge >= 0.3 is 5.97 Å². The number of aliphatic hydroxyl groups excluding tert-OH is 1. The molecular weight excluding hydrogens is 348 g/mol. The number of aromatic carboxylic acids is 1. The largest absolute Gasteiger partial charge is 0.497 e. The molecule has 0 atom stereocenters. The summed E-state index contributed by atoms with van der Waals surface area (Å²) in [5.74, 6) is -0.809. The number of aliphatic hydroxyl groups is 1. The van der Waals surface area contributed by atoms with Gasteiger partial charge in [-0.2, -0.15) is 5.10 Å². The lowest BCUT2D eigenvalue weighted by Gasteiger charge is -2.08. The number of ether oxygens (including phenoxy) is 1. The van der Waals surface area contributed by atoms with Crippen LogP contribution in [-0.2, 0) is 4.79 Å². The maximum absolute atomic E-state index is 12.7. The summed E-state index contributed by atoms with van der Waals surface area (Å²) in [5, 5.41) is 24.1. The van der Waals surface area contributed by atoms with Gasteiger partial charge in [-0.05, 0) is 42.0 Å². The van der Waals surface area contributed by atoms with Gasteiger partial charge in [-0.3, -0.25) is 4.79 Å². The van der Waals surface area contributed by atoms with E-state index in [0.29, 0.717) is 22.6 Å². The van der Waals surface area contributed by atoms with Crippen molar-refractivity contribution in [1.82, 2.24) is 5.01 Å². The molecule has 3 rings (SSSR count). The van der Waals surface area contributed by atoms with Crippen molar-refractivity contribution in [2.24, 2.45) is 5.10 Å². The van der Waals surface area contributed by atoms with Crippen molar-refractivity contribution in [3.05, 3.63) is 70.8 Å². The van der Waals surface area contributed by atoms with E-state index < -0.39 is 11.9 Å². The molecule has 27 heavy (non-hydrogen) atoms. The average molecular weight is 366 g/mol. The third-order valence-corrected chi connectivity index (χ3v) is 4.11. The fraction of sp³-hybridized carbons (Fsp3) is 0.150. The molecule has 1 heterocycles. The van der Waals surface area contributed by atoms with Crippen molar-refractivity contribution in [2.45, 2.75) is 0 Å². The van der Waals surface area contributed by atoms with Crippen molar-refractivity contribution in [2.75, 3.05) is 20.3 Å². The zero-order valence-corrected chi connectivity index (χ0v) is 14.6. The number of carboxylic acids is 1. The molecule has 0 saturated heterocycles. The van der Waals surface area contributed by atoms with Crippen molar-refractivity contribution in [1.29, 1.82) is 0 Å². The van der Waals surface area contributed by atoms with Crippen LogP contribution in [0.2, 0.25) is 0 Å². The molecule has 138 valence electrons. The van der Waals surface area contributed by atoms with E-state index >= 15 is 0 Å². The van der Waals surface area contributed by atoms with Crippen LogP contribution < -0.4 is 4.74 Å². The Kier molecular flexibility index (Phi) is 5.33. The summed E-state index contributed by atoms with van der Waals surface area (Å²) in [6.45, 7) is -0.180. The lowest BCUT2D eigenvalue weighted by molar-refractivity contribution is -0.126. The average Bonchev–Trinajstić information content (AvgIpc) is 2.98. The Hall–Kier alpha value is -3.45. The van der Waals surface area contributed by atoms with E-state index in [4.69, 9.17) is 4.74 Å². The molecule has 7 heteroatoms. The topological polar surface area (TPSA) is 99.4 Å². The van der Waals surface area contributed by atoms with Crippen LogP contribution in [0.3, 0.4) is 0 Å². The number of benzene rings is 2. The second-order valence-electron chi connectivity index (χ2n) is 5.78. The minimum atomic E-state index is -1.08. The van der Waals surface area contributed by atoms with Crippen LogP contribution in [0.25, 0.3) is 6.08 Å². The van der Waals surface area contributed by atoms with E-state index in [1.54, 1.807) is 49.6 Å². The molecular formula is C20H18N2O5. The SMILES string of the molecule is COc1ccc(C2=NN(CCO)C(=O)C2=Cc2ccccc2C(=O)O)cc1. The standard InChI is InChI=1S/C20H18N2O5/c1-27-15-8-6-13(7-9-15)18-17(19(24)22(21-18)10-11-23)12-14-4-2-3-5-16(14)20(25)26/h2-9,12,23H,10-11H2,1H3,(H,25,26). The molecule has 0 aromatic heterocycles. The summed E-state index contributed by atoms with van der Waals surface area (Å²) in [6.07, 6.45) is 1.52. The second-order valence-corrected chi connectivity index (χ2v) is 5.78. The maximum atomic E-state index is 12.7. The van der Waals surface area contributed by atoms with Gasteiger partial charge < -0.3 is 14.9 Å². The van der Waals surface area contributed by atoms with Crippen molar-refractivity contribution < 1.29 is 24.5 Å². The van der Waals surface area contributed by atoms with E-state index in [0.717, 1.165) is 0 Å². The number of carbonyl (C=O) groups excluding carboxylic acids is 1. The number of hydrogen-bond acceptors (Lipinski definition) is 5. The van der Waals surface area contributed by atoms with Gasteiger partial charge in [-0.15, -0.1) is 0 Å². The number of carboxylic acid groups (broad SMARTS) is 1. The molecule has 1 aliphatic rings. The first-order valence-corrected chi connectivity index (χ1v) is 8.25. The first-order chi connectivity index (χ1) is 13.0. The molecule has 0 radical (unpaired) electrons. The van der Waals surface area contributed by atoms with Crippen LogP contribution in [0, 0.1) is 0 Å². The predicted molar refractivity (Wildman–Crippen MR) is 99.7 cm³/mol. The third kappa shape index (κ3) is 3.73. The molecule has 2 N–H and O–H groups in total. The number of carbonyl (C=O) groups is 2. The van der Waals surface area contributed by atoms with Gasteiger partial charge in [0, 0.05) is 5.56 Å². The minimum absolute atomic E-state index is 0.0520. The molecule has 2 aromatic rings. The van der Waals surface area contributed by atoms with Crippen molar-refractivity contribution in [3.63, 3.8) is 0 Å². The number of methoxy groups -OCH3 is 1. The molecule has 0 unspecified atom stereocenters. The van der Waals surface area contributed by atoms with Crippen LogP contribution in [-0.4, -0.2) is 53.1 Å². The highest BCUT2D eigenvalue weighted by molar-refractivity contribution is 6.33. The number of hydrazone groups is 1. The Morgan fingerprint density at radius 1 is 1.19 bits per heavy atom. The highest BCUT2D eigenvalue weighted by Gasteiger charge is 2.31. The predicted octanol–water partition coefficient (Wildman–Crippen LogP) is 2.02. The fourth-order valence-corrected chi connectivity index (χ4v) is 2.77. The normalized spacial score (nSPS) is 15.2. The summed E-state index contributed by atoms with van der Waals surface area (Å²) in [5.41, 5.74) is 1.86. The molecule has 0 saturated carbocycles. The van der Waals surface area contributed by atoms with Crippen molar-refractivity contribution >= 4 is 23.7 Å². The Labute approximate surface area is 155 Å². The first-order valence-electron chi connectivity index (χ1n) is 8.25. The molecule has 0 aliphatic carbocycles. The van der Waals surface area contributed by atoms with E-state index in [9.17, 15) is 19.8 Å². The smallest absolute Gasteiger partial charge is 0.336 e. The Morgan fingerprint density at radius 2 is 1.89 bits per heavy atom. The third-order valence-electron chi connectivity index (χ3n) is 4.11. The first kappa shape index (κ1) is 18.3.